The van der Waals surface area contributed by atoms with Crippen LogP contribution in [0, 0.1) is 0 Å². The van der Waals surface area contributed by atoms with Crippen LogP contribution in [-0.4, -0.2) is 57.2 Å². The van der Waals surface area contributed by atoms with Crippen molar-refractivity contribution in [3.8, 4) is 0 Å². The molecule has 0 bridgehead atoms. The number of ketones is 1. The van der Waals surface area contributed by atoms with Gasteiger partial charge in [-0.1, -0.05) is 19.1 Å². The van der Waals surface area contributed by atoms with E-state index in [-0.39, 0.29) is 37.4 Å². The Balaban J connectivity index is 2.21. The number of rotatable bonds is 14. The maximum absolute atomic E-state index is 11.7. The van der Waals surface area contributed by atoms with Crippen LogP contribution in [0.4, 0.5) is 5.69 Å². The van der Waals surface area contributed by atoms with Crippen LogP contribution >= 0.6 is 0 Å². The Bertz CT molecular complexity index is 588. The lowest BCUT2D eigenvalue weighted by Gasteiger charge is -2.08. The quantitative estimate of drug-likeness (QED) is 0.472. The second-order valence-corrected chi connectivity index (χ2v) is 5.88. The fraction of sp³-hybridized carbons (Fsp3) is 0.526. The molecular formula is C19H28N2O6. The monoisotopic (exact) mass is 380 g/mol. The smallest absolute Gasteiger partial charge is 0.250 e. The van der Waals surface area contributed by atoms with E-state index in [1.54, 1.807) is 24.3 Å². The summed E-state index contributed by atoms with van der Waals surface area (Å²) < 4.78 is 15.4. The van der Waals surface area contributed by atoms with Gasteiger partial charge in [0.15, 0.2) is 5.78 Å². The number of Topliss-reactive ketones (excluding diaryl/α,β-unsaturated/α-hetero) is 1. The van der Waals surface area contributed by atoms with Gasteiger partial charge in [0.1, 0.15) is 19.8 Å². The molecule has 150 valence electrons. The third-order valence-electron chi connectivity index (χ3n) is 3.22. The van der Waals surface area contributed by atoms with Crippen molar-refractivity contribution in [1.82, 2.24) is 5.32 Å². The first-order valence-electron chi connectivity index (χ1n) is 8.89. The van der Waals surface area contributed by atoms with E-state index in [0.29, 0.717) is 32.1 Å². The molecule has 2 N–H and O–H groups in total. The molecule has 27 heavy (non-hydrogen) atoms. The fourth-order valence-corrected chi connectivity index (χ4v) is 1.97. The normalized spacial score (nSPS) is 10.4. The molecule has 0 atom stereocenters. The van der Waals surface area contributed by atoms with E-state index in [1.807, 2.05) is 6.92 Å². The first-order chi connectivity index (χ1) is 13.0. The number of ether oxygens (including phenoxy) is 3. The number of carbonyl (C=O) groups is 3. The number of hydrogen-bond donors (Lipinski definition) is 2. The van der Waals surface area contributed by atoms with Gasteiger partial charge in [0.2, 0.25) is 11.8 Å². The Morgan fingerprint density at radius 2 is 1.52 bits per heavy atom. The molecule has 0 aliphatic rings. The molecule has 8 heteroatoms. The van der Waals surface area contributed by atoms with Crippen LogP contribution < -0.4 is 10.6 Å². The summed E-state index contributed by atoms with van der Waals surface area (Å²) in [5, 5.41) is 5.42. The number of carbonyl (C=O) groups excluding carboxylic acids is 3. The summed E-state index contributed by atoms with van der Waals surface area (Å²) in [5.74, 6) is -0.674. The van der Waals surface area contributed by atoms with E-state index in [1.165, 1.54) is 6.92 Å². The average Bonchev–Trinajstić information content (AvgIpc) is 2.63. The summed E-state index contributed by atoms with van der Waals surface area (Å²) in [6.07, 6.45) is 0.955. The van der Waals surface area contributed by atoms with Gasteiger partial charge in [0.25, 0.3) is 0 Å². The van der Waals surface area contributed by atoms with Crippen molar-refractivity contribution in [2.24, 2.45) is 0 Å². The fourth-order valence-electron chi connectivity index (χ4n) is 1.97. The van der Waals surface area contributed by atoms with Crippen LogP contribution in [0.2, 0.25) is 0 Å². The van der Waals surface area contributed by atoms with Crippen molar-refractivity contribution in [2.75, 3.05) is 45.0 Å². The summed E-state index contributed by atoms with van der Waals surface area (Å²) in [5.41, 5.74) is 1.50. The van der Waals surface area contributed by atoms with Gasteiger partial charge in [-0.15, -0.1) is 0 Å². The van der Waals surface area contributed by atoms with Gasteiger partial charge in [-0.2, -0.15) is 0 Å². The molecule has 1 rings (SSSR count). The molecule has 0 aliphatic heterocycles. The van der Waals surface area contributed by atoms with Gasteiger partial charge in [-0.3, -0.25) is 14.4 Å². The molecule has 0 unspecified atom stereocenters. The van der Waals surface area contributed by atoms with Crippen LogP contribution in [0.25, 0.3) is 0 Å². The predicted octanol–water partition coefficient (Wildman–Crippen LogP) is 1.29. The number of amides is 2. The van der Waals surface area contributed by atoms with Crippen LogP contribution in [0.3, 0.4) is 0 Å². The molecule has 2 amide bonds. The molecular weight excluding hydrogens is 352 g/mol. The van der Waals surface area contributed by atoms with E-state index >= 15 is 0 Å². The summed E-state index contributed by atoms with van der Waals surface area (Å²) in [6.45, 7) is 5.07. The highest BCUT2D eigenvalue weighted by Gasteiger charge is 2.05. The number of benzene rings is 1. The van der Waals surface area contributed by atoms with E-state index in [0.717, 1.165) is 12.0 Å². The zero-order valence-corrected chi connectivity index (χ0v) is 15.9. The number of hydrogen-bond acceptors (Lipinski definition) is 6. The lowest BCUT2D eigenvalue weighted by Crippen LogP contribution is -2.27. The van der Waals surface area contributed by atoms with E-state index in [4.69, 9.17) is 14.2 Å². The second-order valence-electron chi connectivity index (χ2n) is 5.88. The average molecular weight is 380 g/mol. The predicted molar refractivity (Wildman–Crippen MR) is 100 cm³/mol. The standard InChI is InChI=1S/C19H28N2O6/c1-3-8-25-9-10-26-13-18(23)20-11-16-4-6-17(7-5-16)21-19(24)14-27-12-15(2)22/h4-7H,3,8-14H2,1-2H3,(H,20,23)(H,21,24). The summed E-state index contributed by atoms with van der Waals surface area (Å²) in [6, 6.07) is 7.05. The minimum Gasteiger partial charge on any atom is -0.379 e. The highest BCUT2D eigenvalue weighted by atomic mass is 16.5. The molecule has 1 aromatic rings. The topological polar surface area (TPSA) is 103 Å². The third-order valence-corrected chi connectivity index (χ3v) is 3.22. The lowest BCUT2D eigenvalue weighted by atomic mass is 10.2. The van der Waals surface area contributed by atoms with Crippen molar-refractivity contribution < 1.29 is 28.6 Å². The van der Waals surface area contributed by atoms with Crippen molar-refractivity contribution in [3.63, 3.8) is 0 Å². The van der Waals surface area contributed by atoms with Crippen molar-refractivity contribution in [1.29, 1.82) is 0 Å². The third kappa shape index (κ3) is 11.8. The van der Waals surface area contributed by atoms with Crippen LogP contribution in [-0.2, 0) is 35.1 Å². The van der Waals surface area contributed by atoms with E-state index in [2.05, 4.69) is 10.6 Å². The summed E-state index contributed by atoms with van der Waals surface area (Å²) in [4.78, 5) is 34.1. The Morgan fingerprint density at radius 1 is 0.852 bits per heavy atom. The van der Waals surface area contributed by atoms with Gasteiger partial charge in [-0.25, -0.2) is 0 Å². The Kier molecular flexibility index (Phi) is 11.7. The Labute approximate surface area is 159 Å². The van der Waals surface area contributed by atoms with E-state index in [9.17, 15) is 14.4 Å². The SMILES string of the molecule is CCCOCCOCC(=O)NCc1ccc(NC(=O)COCC(C)=O)cc1. The minimum atomic E-state index is -0.336. The molecule has 0 heterocycles. The summed E-state index contributed by atoms with van der Waals surface area (Å²) in [7, 11) is 0. The molecule has 0 spiro atoms. The van der Waals surface area contributed by atoms with Crippen LogP contribution in [0.15, 0.2) is 24.3 Å². The van der Waals surface area contributed by atoms with Crippen LogP contribution in [0.5, 0.6) is 0 Å². The van der Waals surface area contributed by atoms with Gasteiger partial charge >= 0.3 is 0 Å². The molecule has 0 aromatic heterocycles. The number of nitrogens with one attached hydrogen (secondary N) is 2. The molecule has 0 saturated carbocycles. The highest BCUT2D eigenvalue weighted by molar-refractivity contribution is 5.91. The maximum atomic E-state index is 11.7. The zero-order valence-electron chi connectivity index (χ0n) is 15.9. The van der Waals surface area contributed by atoms with Gasteiger partial charge < -0.3 is 24.8 Å². The largest absolute Gasteiger partial charge is 0.379 e. The minimum absolute atomic E-state index is 0.0100. The van der Waals surface area contributed by atoms with Crippen molar-refractivity contribution >= 4 is 23.3 Å². The first-order valence-corrected chi connectivity index (χ1v) is 8.89. The van der Waals surface area contributed by atoms with Crippen LogP contribution in [0.1, 0.15) is 25.8 Å². The zero-order chi connectivity index (χ0) is 19.9. The van der Waals surface area contributed by atoms with Gasteiger partial charge in [0, 0.05) is 18.8 Å². The van der Waals surface area contributed by atoms with Crippen molar-refractivity contribution in [2.45, 2.75) is 26.8 Å². The molecule has 8 nitrogen and oxygen atoms in total. The Hall–Kier alpha value is -2.29. The van der Waals surface area contributed by atoms with E-state index < -0.39 is 0 Å². The van der Waals surface area contributed by atoms with Crippen molar-refractivity contribution in [3.05, 3.63) is 29.8 Å². The molecule has 0 aliphatic carbocycles. The Morgan fingerprint density at radius 3 is 2.19 bits per heavy atom. The molecule has 0 saturated heterocycles. The number of anilines is 1. The summed E-state index contributed by atoms with van der Waals surface area (Å²) >= 11 is 0. The van der Waals surface area contributed by atoms with Gasteiger partial charge in [0.05, 0.1) is 13.2 Å². The molecule has 0 fully saturated rings. The molecule has 0 radical (unpaired) electrons. The van der Waals surface area contributed by atoms with Gasteiger partial charge in [-0.05, 0) is 31.0 Å². The second kappa shape index (κ2) is 13.9. The lowest BCUT2D eigenvalue weighted by molar-refractivity contribution is -0.127. The molecule has 1 aromatic carbocycles. The highest BCUT2D eigenvalue weighted by Crippen LogP contribution is 2.09. The maximum Gasteiger partial charge on any atom is 0.250 e. The first kappa shape index (κ1) is 22.8.